The molecular weight excluding hydrogens is 294 g/mol. The van der Waals surface area contributed by atoms with Gasteiger partial charge in [-0.15, -0.1) is 0 Å². The minimum Gasteiger partial charge on any atom is -0.457 e. The number of para-hydroxylation sites is 1. The molecule has 0 saturated carbocycles. The number of hydrogen-bond acceptors (Lipinski definition) is 2. The predicted octanol–water partition coefficient (Wildman–Crippen LogP) is 5.07. The first kappa shape index (κ1) is 16.3. The van der Waals surface area contributed by atoms with Crippen molar-refractivity contribution >= 4 is 0 Å². The first-order valence-corrected chi connectivity index (χ1v) is 8.33. The van der Waals surface area contributed by atoms with Gasteiger partial charge in [-0.1, -0.05) is 60.2 Å². The molecule has 3 aromatic carbocycles. The Labute approximate surface area is 143 Å². The average molecular weight is 317 g/mol. The van der Waals surface area contributed by atoms with Crippen LogP contribution in [0.4, 0.5) is 0 Å². The summed E-state index contributed by atoms with van der Waals surface area (Å²) >= 11 is 0. The fraction of sp³-hybridized carbons (Fsp3) is 0.182. The third-order valence-corrected chi connectivity index (χ3v) is 4.16. The lowest BCUT2D eigenvalue weighted by Gasteiger charge is -2.17. The van der Waals surface area contributed by atoms with E-state index in [0.29, 0.717) is 6.54 Å². The topological polar surface area (TPSA) is 35.2 Å². The van der Waals surface area contributed by atoms with Gasteiger partial charge < -0.3 is 10.5 Å². The molecule has 1 unspecified atom stereocenters. The molecule has 0 amide bonds. The Morgan fingerprint density at radius 1 is 0.833 bits per heavy atom. The van der Waals surface area contributed by atoms with Crippen LogP contribution in [0.5, 0.6) is 11.5 Å². The first-order valence-electron chi connectivity index (χ1n) is 8.33. The molecule has 2 N–H and O–H groups in total. The highest BCUT2D eigenvalue weighted by atomic mass is 16.5. The van der Waals surface area contributed by atoms with Crippen molar-refractivity contribution in [2.45, 2.75) is 19.3 Å². The van der Waals surface area contributed by atoms with Crippen molar-refractivity contribution in [3.05, 3.63) is 95.6 Å². The highest BCUT2D eigenvalue weighted by Gasteiger charge is 2.12. The minimum absolute atomic E-state index is 0.283. The summed E-state index contributed by atoms with van der Waals surface area (Å²) in [5, 5.41) is 0. The van der Waals surface area contributed by atoms with Gasteiger partial charge in [0, 0.05) is 5.92 Å². The van der Waals surface area contributed by atoms with Crippen LogP contribution < -0.4 is 10.5 Å². The Morgan fingerprint density at radius 3 is 2.33 bits per heavy atom. The molecule has 0 bridgehead atoms. The summed E-state index contributed by atoms with van der Waals surface area (Å²) in [5.41, 5.74) is 9.87. The van der Waals surface area contributed by atoms with Crippen molar-refractivity contribution in [1.82, 2.24) is 0 Å². The zero-order chi connectivity index (χ0) is 16.8. The third kappa shape index (κ3) is 4.24. The summed E-state index contributed by atoms with van der Waals surface area (Å²) in [6, 6.07) is 26.7. The summed E-state index contributed by atoms with van der Waals surface area (Å²) in [6.45, 7) is 2.73. The summed E-state index contributed by atoms with van der Waals surface area (Å²) < 4.78 is 5.94. The van der Waals surface area contributed by atoms with Gasteiger partial charge in [-0.2, -0.15) is 0 Å². The van der Waals surface area contributed by atoms with Gasteiger partial charge in [0.15, 0.2) is 0 Å². The molecule has 0 aliphatic rings. The van der Waals surface area contributed by atoms with Crippen LogP contribution in [0.1, 0.15) is 22.6 Å². The van der Waals surface area contributed by atoms with E-state index in [9.17, 15) is 0 Å². The fourth-order valence-corrected chi connectivity index (χ4v) is 2.92. The normalized spacial score (nSPS) is 11.9. The van der Waals surface area contributed by atoms with E-state index in [1.54, 1.807) is 0 Å². The number of nitrogens with two attached hydrogens (primary N) is 1. The van der Waals surface area contributed by atoms with E-state index in [1.807, 2.05) is 42.5 Å². The largest absolute Gasteiger partial charge is 0.457 e. The number of rotatable bonds is 6. The van der Waals surface area contributed by atoms with Crippen LogP contribution in [0.15, 0.2) is 78.9 Å². The molecule has 0 aliphatic carbocycles. The van der Waals surface area contributed by atoms with Crippen LogP contribution in [0.3, 0.4) is 0 Å². The SMILES string of the molecule is Cc1cccc(CC(CN)c2cccc(Oc3ccccc3)c2)c1. The summed E-state index contributed by atoms with van der Waals surface area (Å²) in [6.07, 6.45) is 0.937. The van der Waals surface area contributed by atoms with Crippen molar-refractivity contribution in [1.29, 1.82) is 0 Å². The molecule has 3 aromatic rings. The maximum atomic E-state index is 6.05. The monoisotopic (exact) mass is 317 g/mol. The van der Waals surface area contributed by atoms with Crippen molar-refractivity contribution in [3.8, 4) is 11.5 Å². The zero-order valence-corrected chi connectivity index (χ0v) is 14.0. The molecule has 0 heterocycles. The highest BCUT2D eigenvalue weighted by molar-refractivity contribution is 5.36. The van der Waals surface area contributed by atoms with Crippen LogP contribution in [-0.4, -0.2) is 6.54 Å². The smallest absolute Gasteiger partial charge is 0.127 e. The molecule has 0 spiro atoms. The molecule has 0 radical (unpaired) electrons. The molecule has 2 nitrogen and oxygen atoms in total. The van der Waals surface area contributed by atoms with E-state index in [0.717, 1.165) is 17.9 Å². The number of benzene rings is 3. The zero-order valence-electron chi connectivity index (χ0n) is 14.0. The molecule has 122 valence electrons. The van der Waals surface area contributed by atoms with E-state index in [2.05, 4.69) is 43.3 Å². The summed E-state index contributed by atoms with van der Waals surface area (Å²) in [7, 11) is 0. The van der Waals surface area contributed by atoms with Crippen LogP contribution in [-0.2, 0) is 6.42 Å². The van der Waals surface area contributed by atoms with Gasteiger partial charge in [-0.25, -0.2) is 0 Å². The predicted molar refractivity (Wildman–Crippen MR) is 99.6 cm³/mol. The first-order chi connectivity index (χ1) is 11.7. The Kier molecular flexibility index (Phi) is 5.29. The number of aryl methyl sites for hydroxylation is 1. The van der Waals surface area contributed by atoms with Gasteiger partial charge in [0.1, 0.15) is 11.5 Å². The lowest BCUT2D eigenvalue weighted by Crippen LogP contribution is -2.15. The second-order valence-corrected chi connectivity index (χ2v) is 6.11. The Bertz CT molecular complexity index is 783. The Morgan fingerprint density at radius 2 is 1.58 bits per heavy atom. The van der Waals surface area contributed by atoms with Gasteiger partial charge in [-0.05, 0) is 55.3 Å². The molecule has 3 rings (SSSR count). The number of hydrogen-bond donors (Lipinski definition) is 1. The second-order valence-electron chi connectivity index (χ2n) is 6.11. The summed E-state index contributed by atoms with van der Waals surface area (Å²) in [4.78, 5) is 0. The van der Waals surface area contributed by atoms with Gasteiger partial charge in [-0.3, -0.25) is 0 Å². The van der Waals surface area contributed by atoms with Crippen molar-refractivity contribution < 1.29 is 4.74 Å². The highest BCUT2D eigenvalue weighted by Crippen LogP contribution is 2.27. The number of ether oxygens (including phenoxy) is 1. The Balaban J connectivity index is 1.78. The molecule has 0 saturated heterocycles. The van der Waals surface area contributed by atoms with Gasteiger partial charge in [0.2, 0.25) is 0 Å². The fourth-order valence-electron chi connectivity index (χ4n) is 2.92. The van der Waals surface area contributed by atoms with Crippen molar-refractivity contribution in [3.63, 3.8) is 0 Å². The van der Waals surface area contributed by atoms with Crippen molar-refractivity contribution in [2.24, 2.45) is 5.73 Å². The van der Waals surface area contributed by atoms with Crippen LogP contribution >= 0.6 is 0 Å². The van der Waals surface area contributed by atoms with E-state index in [1.165, 1.54) is 16.7 Å². The second kappa shape index (κ2) is 7.80. The van der Waals surface area contributed by atoms with Gasteiger partial charge in [0.25, 0.3) is 0 Å². The average Bonchev–Trinajstić information content (AvgIpc) is 2.61. The molecule has 1 atom stereocenters. The maximum Gasteiger partial charge on any atom is 0.127 e. The van der Waals surface area contributed by atoms with Crippen molar-refractivity contribution in [2.75, 3.05) is 6.54 Å². The molecule has 0 fully saturated rings. The standard InChI is InChI=1S/C22H23NO/c1-17-7-5-8-18(13-17)14-20(16-23)19-9-6-12-22(15-19)24-21-10-3-2-4-11-21/h2-13,15,20H,14,16,23H2,1H3. The van der Waals surface area contributed by atoms with Crippen LogP contribution in [0.25, 0.3) is 0 Å². The lowest BCUT2D eigenvalue weighted by molar-refractivity contribution is 0.481. The quantitative estimate of drug-likeness (QED) is 0.688. The van der Waals surface area contributed by atoms with Gasteiger partial charge >= 0.3 is 0 Å². The Hall–Kier alpha value is -2.58. The minimum atomic E-state index is 0.283. The van der Waals surface area contributed by atoms with E-state index in [4.69, 9.17) is 10.5 Å². The van der Waals surface area contributed by atoms with E-state index >= 15 is 0 Å². The molecule has 0 aliphatic heterocycles. The van der Waals surface area contributed by atoms with Crippen LogP contribution in [0, 0.1) is 6.92 Å². The van der Waals surface area contributed by atoms with E-state index < -0.39 is 0 Å². The van der Waals surface area contributed by atoms with E-state index in [-0.39, 0.29) is 5.92 Å². The molecular formula is C22H23NO. The maximum absolute atomic E-state index is 6.05. The molecule has 2 heteroatoms. The molecule has 24 heavy (non-hydrogen) atoms. The molecule has 0 aromatic heterocycles. The van der Waals surface area contributed by atoms with Gasteiger partial charge in [0.05, 0.1) is 0 Å². The third-order valence-electron chi connectivity index (χ3n) is 4.16. The lowest BCUT2D eigenvalue weighted by atomic mass is 9.91. The summed E-state index contributed by atoms with van der Waals surface area (Å²) in [5.74, 6) is 1.98. The van der Waals surface area contributed by atoms with Crippen LogP contribution in [0.2, 0.25) is 0 Å².